The number of hydrogen-bond donors (Lipinski definition) is 1. The van der Waals surface area contributed by atoms with Crippen LogP contribution < -0.4 is 5.32 Å². The molecule has 0 heterocycles. The van der Waals surface area contributed by atoms with Gasteiger partial charge in [0.25, 0.3) is 0 Å². The zero-order chi connectivity index (χ0) is 10.4. The maximum Gasteiger partial charge on any atom is 0.0344 e. The number of halogens is 1. The Balaban J connectivity index is 2.59. The first kappa shape index (κ1) is 11.4. The number of aryl methyl sites for hydroxylation is 1. The molecule has 0 unspecified atom stereocenters. The summed E-state index contributed by atoms with van der Waals surface area (Å²) < 4.78 is 0. The van der Waals surface area contributed by atoms with Gasteiger partial charge < -0.3 is 5.32 Å². The molecular weight excluding hydrogens is 194 g/mol. The third-order valence-corrected chi connectivity index (χ3v) is 2.25. The molecule has 78 valence electrons. The monoisotopic (exact) mass is 211 g/mol. The number of benzene rings is 1. The SMILES string of the molecule is CC(C)Nc1cccc(CCCCl)c1. The van der Waals surface area contributed by atoms with Crippen molar-refractivity contribution in [2.75, 3.05) is 11.2 Å². The van der Waals surface area contributed by atoms with Crippen LogP contribution in [0.4, 0.5) is 5.69 Å². The lowest BCUT2D eigenvalue weighted by molar-refractivity contribution is 0.894. The van der Waals surface area contributed by atoms with E-state index in [1.165, 1.54) is 11.3 Å². The maximum absolute atomic E-state index is 5.66. The average Bonchev–Trinajstić information content (AvgIpc) is 2.14. The van der Waals surface area contributed by atoms with E-state index in [0.717, 1.165) is 18.7 Å². The van der Waals surface area contributed by atoms with Crippen molar-refractivity contribution >= 4 is 17.3 Å². The van der Waals surface area contributed by atoms with Crippen LogP contribution >= 0.6 is 11.6 Å². The van der Waals surface area contributed by atoms with E-state index in [1.54, 1.807) is 0 Å². The third kappa shape index (κ3) is 4.01. The Hall–Kier alpha value is -0.690. The molecule has 0 aliphatic carbocycles. The van der Waals surface area contributed by atoms with Gasteiger partial charge in [0, 0.05) is 17.6 Å². The fraction of sp³-hybridized carbons (Fsp3) is 0.500. The van der Waals surface area contributed by atoms with Gasteiger partial charge in [-0.3, -0.25) is 0 Å². The molecule has 0 aromatic heterocycles. The zero-order valence-electron chi connectivity index (χ0n) is 8.89. The Morgan fingerprint density at radius 1 is 1.36 bits per heavy atom. The van der Waals surface area contributed by atoms with E-state index in [9.17, 15) is 0 Å². The molecule has 2 heteroatoms. The van der Waals surface area contributed by atoms with Gasteiger partial charge in [-0.15, -0.1) is 11.6 Å². The van der Waals surface area contributed by atoms with Crippen LogP contribution in [0.3, 0.4) is 0 Å². The maximum atomic E-state index is 5.66. The van der Waals surface area contributed by atoms with E-state index in [0.29, 0.717) is 6.04 Å². The molecule has 1 aromatic carbocycles. The highest BCUT2D eigenvalue weighted by atomic mass is 35.5. The fourth-order valence-corrected chi connectivity index (χ4v) is 1.55. The minimum absolute atomic E-state index is 0.485. The molecule has 0 aliphatic rings. The van der Waals surface area contributed by atoms with Crippen LogP contribution in [0.15, 0.2) is 24.3 Å². The lowest BCUT2D eigenvalue weighted by Crippen LogP contribution is -2.09. The molecule has 1 nitrogen and oxygen atoms in total. The van der Waals surface area contributed by atoms with Crippen molar-refractivity contribution in [3.63, 3.8) is 0 Å². The first-order chi connectivity index (χ1) is 6.72. The van der Waals surface area contributed by atoms with Crippen molar-refractivity contribution in [2.45, 2.75) is 32.7 Å². The lowest BCUT2D eigenvalue weighted by atomic mass is 10.1. The molecule has 0 amide bonds. The Morgan fingerprint density at radius 2 is 2.14 bits per heavy atom. The lowest BCUT2D eigenvalue weighted by Gasteiger charge is -2.10. The van der Waals surface area contributed by atoms with Crippen LogP contribution in [0.1, 0.15) is 25.8 Å². The van der Waals surface area contributed by atoms with Crippen LogP contribution in [0.5, 0.6) is 0 Å². The molecule has 0 radical (unpaired) electrons. The van der Waals surface area contributed by atoms with E-state index < -0.39 is 0 Å². The fourth-order valence-electron chi connectivity index (χ4n) is 1.42. The molecule has 0 saturated carbocycles. The van der Waals surface area contributed by atoms with Gasteiger partial charge in [0.2, 0.25) is 0 Å². The van der Waals surface area contributed by atoms with Crippen LogP contribution in [0, 0.1) is 0 Å². The van der Waals surface area contributed by atoms with Crippen molar-refractivity contribution in [1.29, 1.82) is 0 Å². The second-order valence-electron chi connectivity index (χ2n) is 3.79. The topological polar surface area (TPSA) is 12.0 Å². The number of anilines is 1. The van der Waals surface area contributed by atoms with Gasteiger partial charge in [0.05, 0.1) is 0 Å². The summed E-state index contributed by atoms with van der Waals surface area (Å²) in [6.07, 6.45) is 2.11. The smallest absolute Gasteiger partial charge is 0.0344 e. The summed E-state index contributed by atoms with van der Waals surface area (Å²) in [4.78, 5) is 0. The molecule has 0 saturated heterocycles. The Kier molecular flexibility index (Phi) is 4.81. The highest BCUT2D eigenvalue weighted by Crippen LogP contribution is 2.13. The van der Waals surface area contributed by atoms with Crippen molar-refractivity contribution in [2.24, 2.45) is 0 Å². The summed E-state index contributed by atoms with van der Waals surface area (Å²) in [6, 6.07) is 9.03. The van der Waals surface area contributed by atoms with Gasteiger partial charge in [-0.2, -0.15) is 0 Å². The van der Waals surface area contributed by atoms with Gasteiger partial charge in [-0.05, 0) is 44.4 Å². The quantitative estimate of drug-likeness (QED) is 0.733. The Morgan fingerprint density at radius 3 is 2.79 bits per heavy atom. The second-order valence-corrected chi connectivity index (χ2v) is 4.17. The average molecular weight is 212 g/mol. The summed E-state index contributed by atoms with van der Waals surface area (Å²) in [5, 5.41) is 3.39. The van der Waals surface area contributed by atoms with E-state index in [-0.39, 0.29) is 0 Å². The molecule has 0 aliphatic heterocycles. The third-order valence-electron chi connectivity index (χ3n) is 1.98. The molecule has 1 rings (SSSR count). The van der Waals surface area contributed by atoms with Crippen LogP contribution in [-0.4, -0.2) is 11.9 Å². The number of nitrogens with one attached hydrogen (secondary N) is 1. The largest absolute Gasteiger partial charge is 0.383 e. The van der Waals surface area contributed by atoms with Crippen molar-refractivity contribution in [3.05, 3.63) is 29.8 Å². The molecule has 0 spiro atoms. The Labute approximate surface area is 91.5 Å². The summed E-state index contributed by atoms with van der Waals surface area (Å²) in [7, 11) is 0. The molecule has 14 heavy (non-hydrogen) atoms. The number of hydrogen-bond acceptors (Lipinski definition) is 1. The first-order valence-electron chi connectivity index (χ1n) is 5.14. The first-order valence-corrected chi connectivity index (χ1v) is 5.67. The summed E-state index contributed by atoms with van der Waals surface area (Å²) >= 11 is 5.66. The molecule has 1 N–H and O–H groups in total. The highest BCUT2D eigenvalue weighted by Gasteiger charge is 1.97. The minimum atomic E-state index is 0.485. The Bertz CT molecular complexity index is 271. The summed E-state index contributed by atoms with van der Waals surface area (Å²) in [6.45, 7) is 4.29. The highest BCUT2D eigenvalue weighted by molar-refractivity contribution is 6.17. The predicted octanol–water partition coefficient (Wildman–Crippen LogP) is 3.68. The van der Waals surface area contributed by atoms with Crippen LogP contribution in [0.25, 0.3) is 0 Å². The van der Waals surface area contributed by atoms with Crippen molar-refractivity contribution < 1.29 is 0 Å². The van der Waals surface area contributed by atoms with Gasteiger partial charge in [-0.1, -0.05) is 12.1 Å². The van der Waals surface area contributed by atoms with Gasteiger partial charge in [0.15, 0.2) is 0 Å². The molecule has 0 bridgehead atoms. The van der Waals surface area contributed by atoms with Gasteiger partial charge in [-0.25, -0.2) is 0 Å². The van der Waals surface area contributed by atoms with E-state index in [4.69, 9.17) is 11.6 Å². The van der Waals surface area contributed by atoms with Crippen molar-refractivity contribution in [1.82, 2.24) is 0 Å². The van der Waals surface area contributed by atoms with Crippen molar-refractivity contribution in [3.8, 4) is 0 Å². The molecule has 0 fully saturated rings. The number of alkyl halides is 1. The normalized spacial score (nSPS) is 10.6. The van der Waals surface area contributed by atoms with E-state index in [1.807, 2.05) is 0 Å². The predicted molar refractivity (Wildman–Crippen MR) is 64.2 cm³/mol. The zero-order valence-corrected chi connectivity index (χ0v) is 9.64. The minimum Gasteiger partial charge on any atom is -0.383 e. The number of rotatable bonds is 5. The van der Waals surface area contributed by atoms with E-state index >= 15 is 0 Å². The second kappa shape index (κ2) is 5.92. The summed E-state index contributed by atoms with van der Waals surface area (Å²) in [5.41, 5.74) is 2.56. The molecular formula is C12H18ClN. The van der Waals surface area contributed by atoms with E-state index in [2.05, 4.69) is 43.4 Å². The van der Waals surface area contributed by atoms with Gasteiger partial charge >= 0.3 is 0 Å². The van der Waals surface area contributed by atoms with Crippen LogP contribution in [-0.2, 0) is 6.42 Å². The molecule has 0 atom stereocenters. The van der Waals surface area contributed by atoms with Gasteiger partial charge in [0.1, 0.15) is 0 Å². The molecule has 1 aromatic rings. The standard InChI is InChI=1S/C12H18ClN/c1-10(2)14-12-7-3-5-11(9-12)6-4-8-13/h3,5,7,9-10,14H,4,6,8H2,1-2H3. The van der Waals surface area contributed by atoms with Crippen LogP contribution in [0.2, 0.25) is 0 Å². The summed E-state index contributed by atoms with van der Waals surface area (Å²) in [5.74, 6) is 0.738.